The molecule has 18 heavy (non-hydrogen) atoms. The molecule has 4 heteroatoms. The summed E-state index contributed by atoms with van der Waals surface area (Å²) < 4.78 is 0. The minimum Gasteiger partial charge on any atom is -0.363 e. The van der Waals surface area contributed by atoms with Crippen LogP contribution < -0.4 is 10.6 Å². The Morgan fingerprint density at radius 3 is 2.89 bits per heavy atom. The molecule has 0 aliphatic carbocycles. The first-order valence-corrected chi connectivity index (χ1v) is 6.92. The van der Waals surface area contributed by atoms with E-state index in [4.69, 9.17) is 10.7 Å². The molecule has 2 heterocycles. The predicted molar refractivity (Wildman–Crippen MR) is 78.2 cm³/mol. The maximum atomic E-state index is 5.70. The van der Waals surface area contributed by atoms with Gasteiger partial charge in [0.2, 0.25) is 0 Å². The van der Waals surface area contributed by atoms with Crippen molar-refractivity contribution in [2.24, 2.45) is 10.7 Å². The van der Waals surface area contributed by atoms with E-state index in [9.17, 15) is 0 Å². The van der Waals surface area contributed by atoms with Gasteiger partial charge in [-0.3, -0.25) is 0 Å². The Hall–Kier alpha value is -1.65. The van der Waals surface area contributed by atoms with Crippen LogP contribution in [0.25, 0.3) is 0 Å². The zero-order valence-electron chi connectivity index (χ0n) is 10.0. The van der Waals surface area contributed by atoms with Crippen LogP contribution >= 0.6 is 11.3 Å². The zero-order chi connectivity index (χ0) is 12.4. The number of nitrogens with zero attached hydrogens (tertiary/aromatic N) is 2. The largest absolute Gasteiger partial charge is 0.363 e. The van der Waals surface area contributed by atoms with Gasteiger partial charge in [0, 0.05) is 13.1 Å². The van der Waals surface area contributed by atoms with Gasteiger partial charge < -0.3 is 10.6 Å². The maximum absolute atomic E-state index is 5.70. The highest BCUT2D eigenvalue weighted by Crippen LogP contribution is 2.33. The second-order valence-electron chi connectivity index (χ2n) is 4.23. The molecule has 0 fully saturated rings. The van der Waals surface area contributed by atoms with E-state index >= 15 is 0 Å². The molecule has 3 nitrogen and oxygen atoms in total. The number of hydrogen-bond acceptors (Lipinski definition) is 4. The lowest BCUT2D eigenvalue weighted by atomic mass is 10.1. The lowest BCUT2D eigenvalue weighted by Crippen LogP contribution is -2.36. The van der Waals surface area contributed by atoms with Gasteiger partial charge in [-0.05, 0) is 23.6 Å². The SMILES string of the molecule is NCCN1CC(c2cccs2)=Nc2ccccc21. The summed E-state index contributed by atoms with van der Waals surface area (Å²) in [6.07, 6.45) is 0. The molecule has 0 amide bonds. The molecule has 0 spiro atoms. The second kappa shape index (κ2) is 4.92. The number of nitrogens with two attached hydrogens (primary N) is 1. The summed E-state index contributed by atoms with van der Waals surface area (Å²) in [6, 6.07) is 12.4. The average Bonchev–Trinajstić information content (AvgIpc) is 2.93. The Labute approximate surface area is 111 Å². The number of aliphatic imine (C=N–C) groups is 1. The summed E-state index contributed by atoms with van der Waals surface area (Å²) in [5.41, 5.74) is 9.06. The van der Waals surface area contributed by atoms with E-state index in [1.54, 1.807) is 11.3 Å². The fourth-order valence-corrected chi connectivity index (χ4v) is 2.91. The highest BCUT2D eigenvalue weighted by molar-refractivity contribution is 7.12. The summed E-state index contributed by atoms with van der Waals surface area (Å²) >= 11 is 1.74. The van der Waals surface area contributed by atoms with Crippen LogP contribution in [-0.4, -0.2) is 25.3 Å². The van der Waals surface area contributed by atoms with E-state index in [0.717, 1.165) is 24.5 Å². The van der Waals surface area contributed by atoms with Crippen LogP contribution in [0, 0.1) is 0 Å². The molecular formula is C14H15N3S. The van der Waals surface area contributed by atoms with E-state index in [2.05, 4.69) is 34.5 Å². The van der Waals surface area contributed by atoms with Gasteiger partial charge in [-0.1, -0.05) is 18.2 Å². The van der Waals surface area contributed by atoms with Gasteiger partial charge in [-0.2, -0.15) is 0 Å². The van der Waals surface area contributed by atoms with Gasteiger partial charge in [0.15, 0.2) is 0 Å². The molecule has 0 bridgehead atoms. The third-order valence-corrected chi connectivity index (χ3v) is 3.94. The van der Waals surface area contributed by atoms with Crippen LogP contribution in [0.4, 0.5) is 11.4 Å². The van der Waals surface area contributed by atoms with Gasteiger partial charge in [0.05, 0.1) is 28.5 Å². The fraction of sp³-hybridized carbons (Fsp3) is 0.214. The number of rotatable bonds is 3. The average molecular weight is 257 g/mol. The molecular weight excluding hydrogens is 242 g/mol. The minimum absolute atomic E-state index is 0.659. The summed E-state index contributed by atoms with van der Waals surface area (Å²) in [7, 11) is 0. The molecule has 1 aliphatic heterocycles. The number of hydrogen-bond donors (Lipinski definition) is 1. The van der Waals surface area contributed by atoms with E-state index in [-0.39, 0.29) is 0 Å². The van der Waals surface area contributed by atoms with Gasteiger partial charge in [0.25, 0.3) is 0 Å². The molecule has 1 aromatic heterocycles. The number of para-hydroxylation sites is 2. The Balaban J connectivity index is 2.03. The van der Waals surface area contributed by atoms with Crippen molar-refractivity contribution in [3.05, 3.63) is 46.7 Å². The van der Waals surface area contributed by atoms with Crippen LogP contribution in [0.1, 0.15) is 4.88 Å². The van der Waals surface area contributed by atoms with Crippen molar-refractivity contribution in [2.45, 2.75) is 0 Å². The third-order valence-electron chi connectivity index (χ3n) is 3.02. The molecule has 3 rings (SSSR count). The Morgan fingerprint density at radius 1 is 1.22 bits per heavy atom. The molecule has 0 radical (unpaired) electrons. The second-order valence-corrected chi connectivity index (χ2v) is 5.18. The van der Waals surface area contributed by atoms with Crippen molar-refractivity contribution in [3.63, 3.8) is 0 Å². The van der Waals surface area contributed by atoms with Crippen molar-refractivity contribution >= 4 is 28.4 Å². The smallest absolute Gasteiger partial charge is 0.0867 e. The third kappa shape index (κ3) is 2.05. The van der Waals surface area contributed by atoms with Gasteiger partial charge in [-0.25, -0.2) is 4.99 Å². The van der Waals surface area contributed by atoms with E-state index in [0.29, 0.717) is 6.54 Å². The first-order chi connectivity index (χ1) is 8.88. The lowest BCUT2D eigenvalue weighted by Gasteiger charge is -2.29. The Morgan fingerprint density at radius 2 is 2.11 bits per heavy atom. The summed E-state index contributed by atoms with van der Waals surface area (Å²) in [5, 5.41) is 2.09. The van der Waals surface area contributed by atoms with E-state index < -0.39 is 0 Å². The first-order valence-electron chi connectivity index (χ1n) is 6.04. The molecule has 2 aromatic rings. The molecule has 0 unspecified atom stereocenters. The highest BCUT2D eigenvalue weighted by atomic mass is 32.1. The van der Waals surface area contributed by atoms with Crippen LogP contribution in [-0.2, 0) is 0 Å². The van der Waals surface area contributed by atoms with E-state index in [1.807, 2.05) is 12.1 Å². The van der Waals surface area contributed by atoms with Crippen molar-refractivity contribution in [1.82, 2.24) is 0 Å². The molecule has 0 atom stereocenters. The quantitative estimate of drug-likeness (QED) is 0.918. The van der Waals surface area contributed by atoms with Gasteiger partial charge in [0.1, 0.15) is 0 Å². The molecule has 0 saturated heterocycles. The standard InChI is InChI=1S/C14H15N3S/c15-7-8-17-10-12(14-6-3-9-18-14)16-11-4-1-2-5-13(11)17/h1-6,9H,7-8,10,15H2. The molecule has 92 valence electrons. The van der Waals surface area contributed by atoms with Gasteiger partial charge in [-0.15, -0.1) is 11.3 Å². The number of fused-ring (bicyclic) bond motifs is 1. The minimum atomic E-state index is 0.659. The monoisotopic (exact) mass is 257 g/mol. The number of benzene rings is 1. The van der Waals surface area contributed by atoms with Crippen LogP contribution in [0.15, 0.2) is 46.8 Å². The first kappa shape index (κ1) is 11.4. The molecule has 1 aromatic carbocycles. The van der Waals surface area contributed by atoms with Crippen molar-refractivity contribution in [3.8, 4) is 0 Å². The molecule has 0 saturated carbocycles. The summed E-state index contributed by atoms with van der Waals surface area (Å²) in [6.45, 7) is 2.36. The number of thiophene rings is 1. The normalized spacial score (nSPS) is 14.3. The predicted octanol–water partition coefficient (Wildman–Crippen LogP) is 2.65. The van der Waals surface area contributed by atoms with Crippen LogP contribution in [0.2, 0.25) is 0 Å². The van der Waals surface area contributed by atoms with E-state index in [1.165, 1.54) is 10.6 Å². The highest BCUT2D eigenvalue weighted by Gasteiger charge is 2.19. The zero-order valence-corrected chi connectivity index (χ0v) is 10.9. The van der Waals surface area contributed by atoms with Crippen LogP contribution in [0.3, 0.4) is 0 Å². The van der Waals surface area contributed by atoms with Crippen molar-refractivity contribution in [2.75, 3.05) is 24.5 Å². The topological polar surface area (TPSA) is 41.6 Å². The summed E-state index contributed by atoms with van der Waals surface area (Å²) in [5.74, 6) is 0. The fourth-order valence-electron chi connectivity index (χ4n) is 2.20. The Kier molecular flexibility index (Phi) is 3.13. The van der Waals surface area contributed by atoms with Crippen molar-refractivity contribution in [1.29, 1.82) is 0 Å². The molecule has 1 aliphatic rings. The van der Waals surface area contributed by atoms with Gasteiger partial charge >= 0.3 is 0 Å². The molecule has 2 N–H and O–H groups in total. The summed E-state index contributed by atoms with van der Waals surface area (Å²) in [4.78, 5) is 8.31. The maximum Gasteiger partial charge on any atom is 0.0867 e. The van der Waals surface area contributed by atoms with Crippen LogP contribution in [0.5, 0.6) is 0 Å². The lowest BCUT2D eigenvalue weighted by molar-refractivity contribution is 0.850. The van der Waals surface area contributed by atoms with Crippen molar-refractivity contribution < 1.29 is 0 Å². The number of anilines is 1. The Bertz CT molecular complexity index is 560.